The molecule has 0 aliphatic heterocycles. The molecular weight excluding hydrogens is 254 g/mol. The lowest BCUT2D eigenvalue weighted by Crippen LogP contribution is -2.13. The van der Waals surface area contributed by atoms with Gasteiger partial charge in [0, 0.05) is 0 Å². The predicted molar refractivity (Wildman–Crippen MR) is 75.6 cm³/mol. The number of carbonyl (C=O) groups excluding carboxylic acids is 2. The average Bonchev–Trinajstić information content (AvgIpc) is 2.91. The molecule has 0 saturated carbocycles. The number of benzene rings is 2. The number of para-hydroxylation sites is 3. The molecule has 20 heavy (non-hydrogen) atoms. The number of nitrogens with zero attached hydrogens (tertiary/aromatic N) is 2. The fourth-order valence-corrected chi connectivity index (χ4v) is 2.11. The summed E-state index contributed by atoms with van der Waals surface area (Å²) in [6, 6.07) is 14.3. The largest absolute Gasteiger partial charge is 0.328 e. The van der Waals surface area contributed by atoms with Gasteiger partial charge >= 0.3 is 0 Å². The third-order valence-corrected chi connectivity index (χ3v) is 3.04. The number of fused-ring (bicyclic) bond motifs is 1. The summed E-state index contributed by atoms with van der Waals surface area (Å²) in [5.41, 5.74) is 2.38. The maximum absolute atomic E-state index is 12.6. The lowest BCUT2D eigenvalue weighted by molar-refractivity contribution is -0.105. The van der Waals surface area contributed by atoms with E-state index in [9.17, 15) is 9.59 Å². The summed E-state index contributed by atoms with van der Waals surface area (Å²) in [6.07, 6.45) is 2.04. The van der Waals surface area contributed by atoms with Gasteiger partial charge in [-0.2, -0.15) is 0 Å². The van der Waals surface area contributed by atoms with Gasteiger partial charge in [0.15, 0.2) is 0 Å². The van der Waals surface area contributed by atoms with E-state index in [0.717, 1.165) is 11.0 Å². The zero-order valence-electron chi connectivity index (χ0n) is 10.5. The molecule has 3 rings (SSSR count). The molecule has 0 radical (unpaired) electrons. The number of rotatable bonds is 3. The van der Waals surface area contributed by atoms with Crippen molar-refractivity contribution in [2.75, 3.05) is 5.32 Å². The quantitative estimate of drug-likeness (QED) is 0.739. The molecule has 0 bridgehead atoms. The van der Waals surface area contributed by atoms with Crippen molar-refractivity contribution >= 4 is 29.0 Å². The van der Waals surface area contributed by atoms with Crippen LogP contribution in [-0.4, -0.2) is 21.9 Å². The van der Waals surface area contributed by atoms with Gasteiger partial charge in [0.05, 0.1) is 22.3 Å². The van der Waals surface area contributed by atoms with Crippen LogP contribution in [0, 0.1) is 0 Å². The molecule has 3 aromatic rings. The first kappa shape index (κ1) is 12.1. The van der Waals surface area contributed by atoms with Crippen LogP contribution in [0.3, 0.4) is 0 Å². The molecule has 0 aliphatic carbocycles. The summed E-state index contributed by atoms with van der Waals surface area (Å²) >= 11 is 0. The van der Waals surface area contributed by atoms with Gasteiger partial charge in [-0.1, -0.05) is 24.3 Å². The second kappa shape index (κ2) is 4.97. The lowest BCUT2D eigenvalue weighted by atomic mass is 10.1. The highest BCUT2D eigenvalue weighted by Crippen LogP contribution is 2.19. The Hall–Kier alpha value is -2.95. The number of imidazole rings is 1. The smallest absolute Gasteiger partial charge is 0.265 e. The SMILES string of the molecule is O=CNc1ccccc1C(=O)n1cnc2ccccc21. The minimum Gasteiger partial charge on any atom is -0.328 e. The Morgan fingerprint density at radius 1 is 1.10 bits per heavy atom. The fourth-order valence-electron chi connectivity index (χ4n) is 2.11. The maximum atomic E-state index is 12.6. The Kier molecular flexibility index (Phi) is 3.01. The highest BCUT2D eigenvalue weighted by Gasteiger charge is 2.15. The molecule has 5 heteroatoms. The summed E-state index contributed by atoms with van der Waals surface area (Å²) in [7, 11) is 0. The molecule has 0 atom stereocenters. The Morgan fingerprint density at radius 2 is 1.85 bits per heavy atom. The van der Waals surface area contributed by atoms with Gasteiger partial charge in [0.1, 0.15) is 6.33 Å². The fraction of sp³-hybridized carbons (Fsp3) is 0. The number of carbonyl (C=O) groups is 2. The van der Waals surface area contributed by atoms with E-state index in [1.165, 1.54) is 10.9 Å². The Bertz CT molecular complexity index is 792. The third-order valence-electron chi connectivity index (χ3n) is 3.04. The molecule has 1 amide bonds. The molecule has 2 aromatic carbocycles. The van der Waals surface area contributed by atoms with Crippen molar-refractivity contribution in [1.82, 2.24) is 9.55 Å². The van der Waals surface area contributed by atoms with Crippen molar-refractivity contribution in [3.05, 3.63) is 60.4 Å². The van der Waals surface area contributed by atoms with Crippen LogP contribution in [0.15, 0.2) is 54.9 Å². The number of aromatic nitrogens is 2. The second-order valence-electron chi connectivity index (χ2n) is 4.22. The van der Waals surface area contributed by atoms with Gasteiger partial charge in [-0.3, -0.25) is 14.2 Å². The molecule has 1 heterocycles. The number of hydrogen-bond acceptors (Lipinski definition) is 3. The first-order valence-corrected chi connectivity index (χ1v) is 6.07. The highest BCUT2D eigenvalue weighted by molar-refractivity contribution is 6.05. The Morgan fingerprint density at radius 3 is 2.70 bits per heavy atom. The minimum absolute atomic E-state index is 0.233. The van der Waals surface area contributed by atoms with Crippen molar-refractivity contribution < 1.29 is 9.59 Å². The molecular formula is C15H11N3O2. The zero-order valence-corrected chi connectivity index (χ0v) is 10.5. The van der Waals surface area contributed by atoms with Gasteiger partial charge in [-0.25, -0.2) is 4.98 Å². The first-order valence-electron chi connectivity index (χ1n) is 6.07. The summed E-state index contributed by atoms with van der Waals surface area (Å²) in [5.74, 6) is -0.233. The van der Waals surface area contributed by atoms with Crippen LogP contribution in [0.25, 0.3) is 11.0 Å². The molecule has 0 aliphatic rings. The normalized spacial score (nSPS) is 10.4. The molecule has 0 fully saturated rings. The minimum atomic E-state index is -0.233. The van der Waals surface area contributed by atoms with E-state index >= 15 is 0 Å². The van der Waals surface area contributed by atoms with Crippen LogP contribution in [0.5, 0.6) is 0 Å². The summed E-state index contributed by atoms with van der Waals surface area (Å²) in [6.45, 7) is 0. The maximum Gasteiger partial charge on any atom is 0.265 e. The van der Waals surface area contributed by atoms with Crippen LogP contribution < -0.4 is 5.32 Å². The van der Waals surface area contributed by atoms with Crippen LogP contribution in [0.2, 0.25) is 0 Å². The number of amides is 1. The first-order chi connectivity index (χ1) is 9.81. The van der Waals surface area contributed by atoms with Crippen LogP contribution in [-0.2, 0) is 4.79 Å². The summed E-state index contributed by atoms with van der Waals surface area (Å²) < 4.78 is 1.47. The van der Waals surface area contributed by atoms with Crippen molar-refractivity contribution in [3.63, 3.8) is 0 Å². The van der Waals surface area contributed by atoms with Crippen LogP contribution in [0.4, 0.5) is 5.69 Å². The number of anilines is 1. The topological polar surface area (TPSA) is 64.0 Å². The Labute approximate surface area is 114 Å². The van der Waals surface area contributed by atoms with Crippen molar-refractivity contribution in [3.8, 4) is 0 Å². The molecule has 0 saturated heterocycles. The van der Waals surface area contributed by atoms with Gasteiger partial charge in [-0.05, 0) is 24.3 Å². The van der Waals surface area contributed by atoms with Gasteiger partial charge < -0.3 is 5.32 Å². The van der Waals surface area contributed by atoms with Crippen LogP contribution in [0.1, 0.15) is 10.4 Å². The third kappa shape index (κ3) is 1.95. The molecule has 1 aromatic heterocycles. The zero-order chi connectivity index (χ0) is 13.9. The molecule has 1 N–H and O–H groups in total. The van der Waals surface area contributed by atoms with E-state index in [-0.39, 0.29) is 5.91 Å². The van der Waals surface area contributed by atoms with E-state index in [1.807, 2.05) is 24.3 Å². The van der Waals surface area contributed by atoms with E-state index in [1.54, 1.807) is 24.3 Å². The van der Waals surface area contributed by atoms with Gasteiger partial charge in [0.25, 0.3) is 5.91 Å². The summed E-state index contributed by atoms with van der Waals surface area (Å²) in [4.78, 5) is 27.4. The molecule has 0 spiro atoms. The lowest BCUT2D eigenvalue weighted by Gasteiger charge is -2.08. The van der Waals surface area contributed by atoms with Gasteiger partial charge in [-0.15, -0.1) is 0 Å². The van der Waals surface area contributed by atoms with Crippen molar-refractivity contribution in [2.24, 2.45) is 0 Å². The Balaban J connectivity index is 2.11. The molecule has 5 nitrogen and oxygen atoms in total. The van der Waals surface area contributed by atoms with E-state index in [4.69, 9.17) is 0 Å². The summed E-state index contributed by atoms with van der Waals surface area (Å²) in [5, 5.41) is 2.53. The van der Waals surface area contributed by atoms with Crippen molar-refractivity contribution in [1.29, 1.82) is 0 Å². The average molecular weight is 265 g/mol. The van der Waals surface area contributed by atoms with E-state index in [0.29, 0.717) is 17.7 Å². The van der Waals surface area contributed by atoms with E-state index < -0.39 is 0 Å². The number of hydrogen-bond donors (Lipinski definition) is 1. The monoisotopic (exact) mass is 265 g/mol. The highest BCUT2D eigenvalue weighted by atomic mass is 16.2. The van der Waals surface area contributed by atoms with Crippen molar-refractivity contribution in [2.45, 2.75) is 0 Å². The molecule has 98 valence electrons. The van der Waals surface area contributed by atoms with E-state index in [2.05, 4.69) is 10.3 Å². The van der Waals surface area contributed by atoms with Gasteiger partial charge in [0.2, 0.25) is 6.41 Å². The predicted octanol–water partition coefficient (Wildman–Crippen LogP) is 2.29. The van der Waals surface area contributed by atoms with Crippen LogP contribution >= 0.6 is 0 Å². The number of nitrogens with one attached hydrogen (secondary N) is 1. The molecule has 0 unspecified atom stereocenters. The second-order valence-corrected chi connectivity index (χ2v) is 4.22. The standard InChI is InChI=1S/C15H11N3O2/c19-10-17-12-6-2-1-5-11(12)15(20)18-9-16-13-7-3-4-8-14(13)18/h1-10H,(H,17,19).